The zero-order valence-electron chi connectivity index (χ0n) is 14.9. The molecule has 0 atom stereocenters. The molecule has 0 saturated heterocycles. The van der Waals surface area contributed by atoms with Crippen LogP contribution >= 0.6 is 0 Å². The van der Waals surface area contributed by atoms with Crippen molar-refractivity contribution in [3.63, 3.8) is 0 Å². The van der Waals surface area contributed by atoms with Crippen molar-refractivity contribution >= 4 is 5.96 Å². The van der Waals surface area contributed by atoms with Gasteiger partial charge >= 0.3 is 0 Å². The number of aliphatic imine (C=N–C) groups is 1. The van der Waals surface area contributed by atoms with Gasteiger partial charge in [-0.1, -0.05) is 38.1 Å². The summed E-state index contributed by atoms with van der Waals surface area (Å²) in [5, 5.41) is 6.81. The highest BCUT2D eigenvalue weighted by Gasteiger charge is 2.21. The molecule has 1 aliphatic rings. The maximum Gasteiger partial charge on any atom is 0.191 e. The molecular weight excluding hydrogens is 284 g/mol. The smallest absolute Gasteiger partial charge is 0.191 e. The summed E-state index contributed by atoms with van der Waals surface area (Å²) in [4.78, 5) is 7.22. The number of hydrogen-bond acceptors (Lipinski definition) is 2. The number of benzene rings is 1. The average molecular weight is 316 g/mol. The molecule has 1 aromatic carbocycles. The van der Waals surface area contributed by atoms with Gasteiger partial charge in [0.2, 0.25) is 0 Å². The van der Waals surface area contributed by atoms with Gasteiger partial charge in [0.15, 0.2) is 5.96 Å². The summed E-state index contributed by atoms with van der Waals surface area (Å²) >= 11 is 0. The maximum absolute atomic E-state index is 4.78. The third-order valence-corrected chi connectivity index (χ3v) is 4.41. The Balaban J connectivity index is 1.99. The first-order valence-corrected chi connectivity index (χ1v) is 9.08. The quantitative estimate of drug-likeness (QED) is 0.543. The Morgan fingerprint density at radius 2 is 1.78 bits per heavy atom. The topological polar surface area (TPSA) is 39.7 Å². The molecule has 1 aliphatic carbocycles. The lowest BCUT2D eigenvalue weighted by molar-refractivity contribution is 0.295. The lowest BCUT2D eigenvalue weighted by Gasteiger charge is -2.20. The molecule has 0 bridgehead atoms. The first-order valence-electron chi connectivity index (χ1n) is 9.08. The van der Waals surface area contributed by atoms with E-state index in [-0.39, 0.29) is 0 Å². The van der Waals surface area contributed by atoms with Crippen LogP contribution in [0.1, 0.15) is 44.7 Å². The molecular formula is C19H32N4. The SMILES string of the molecule is CCNC(=NCc1ccccc1CN(CC)CC)NCC1CC1. The van der Waals surface area contributed by atoms with E-state index in [1.807, 2.05) is 0 Å². The Labute approximate surface area is 141 Å². The summed E-state index contributed by atoms with van der Waals surface area (Å²) < 4.78 is 0. The molecule has 0 spiro atoms. The van der Waals surface area contributed by atoms with Gasteiger partial charge in [-0.25, -0.2) is 4.99 Å². The predicted octanol–water partition coefficient (Wildman–Crippen LogP) is 2.99. The Kier molecular flexibility index (Phi) is 7.40. The van der Waals surface area contributed by atoms with Gasteiger partial charge in [-0.2, -0.15) is 0 Å². The van der Waals surface area contributed by atoms with Crippen LogP contribution in [0.3, 0.4) is 0 Å². The Morgan fingerprint density at radius 1 is 1.09 bits per heavy atom. The first kappa shape index (κ1) is 17.8. The molecule has 1 fully saturated rings. The monoisotopic (exact) mass is 316 g/mol. The van der Waals surface area contributed by atoms with Gasteiger partial charge in [-0.15, -0.1) is 0 Å². The molecule has 128 valence electrons. The van der Waals surface area contributed by atoms with Gasteiger partial charge in [0.1, 0.15) is 0 Å². The van der Waals surface area contributed by atoms with Crippen molar-refractivity contribution in [1.82, 2.24) is 15.5 Å². The Bertz CT molecular complexity index is 490. The average Bonchev–Trinajstić information content (AvgIpc) is 3.40. The molecule has 0 aliphatic heterocycles. The lowest BCUT2D eigenvalue weighted by atomic mass is 10.1. The molecule has 0 radical (unpaired) electrons. The van der Waals surface area contributed by atoms with E-state index in [2.05, 4.69) is 60.6 Å². The second kappa shape index (κ2) is 9.56. The minimum Gasteiger partial charge on any atom is -0.357 e. The molecule has 2 N–H and O–H groups in total. The highest BCUT2D eigenvalue weighted by Crippen LogP contribution is 2.27. The fourth-order valence-corrected chi connectivity index (χ4v) is 2.62. The van der Waals surface area contributed by atoms with Crippen LogP contribution < -0.4 is 10.6 Å². The highest BCUT2D eigenvalue weighted by molar-refractivity contribution is 5.79. The zero-order chi connectivity index (χ0) is 16.5. The van der Waals surface area contributed by atoms with Crippen molar-refractivity contribution in [1.29, 1.82) is 0 Å². The maximum atomic E-state index is 4.78. The van der Waals surface area contributed by atoms with Gasteiger partial charge in [0.05, 0.1) is 6.54 Å². The van der Waals surface area contributed by atoms with E-state index >= 15 is 0 Å². The number of rotatable bonds is 9. The molecule has 4 heteroatoms. The van der Waals surface area contributed by atoms with E-state index in [9.17, 15) is 0 Å². The second-order valence-electron chi connectivity index (χ2n) is 6.25. The van der Waals surface area contributed by atoms with E-state index in [4.69, 9.17) is 4.99 Å². The number of nitrogens with zero attached hydrogens (tertiary/aromatic N) is 2. The summed E-state index contributed by atoms with van der Waals surface area (Å²) in [7, 11) is 0. The van der Waals surface area contributed by atoms with Crippen LogP contribution in [0.4, 0.5) is 0 Å². The van der Waals surface area contributed by atoms with Gasteiger partial charge in [-0.05, 0) is 49.9 Å². The third kappa shape index (κ3) is 6.22. The number of guanidine groups is 1. The third-order valence-electron chi connectivity index (χ3n) is 4.41. The van der Waals surface area contributed by atoms with Crippen molar-refractivity contribution in [3.8, 4) is 0 Å². The molecule has 0 amide bonds. The van der Waals surface area contributed by atoms with E-state index in [0.717, 1.165) is 51.1 Å². The second-order valence-corrected chi connectivity index (χ2v) is 6.25. The van der Waals surface area contributed by atoms with Gasteiger partial charge < -0.3 is 10.6 Å². The molecule has 0 heterocycles. The van der Waals surface area contributed by atoms with Crippen LogP contribution in [-0.4, -0.2) is 37.0 Å². The fraction of sp³-hybridized carbons (Fsp3) is 0.632. The Morgan fingerprint density at radius 3 is 2.39 bits per heavy atom. The van der Waals surface area contributed by atoms with Crippen LogP contribution in [0, 0.1) is 5.92 Å². The largest absolute Gasteiger partial charge is 0.357 e. The first-order chi connectivity index (χ1) is 11.3. The van der Waals surface area contributed by atoms with Crippen molar-refractivity contribution in [2.75, 3.05) is 26.2 Å². The highest BCUT2D eigenvalue weighted by atomic mass is 15.2. The van der Waals surface area contributed by atoms with E-state index < -0.39 is 0 Å². The summed E-state index contributed by atoms with van der Waals surface area (Å²) in [6.07, 6.45) is 2.72. The van der Waals surface area contributed by atoms with Crippen LogP contribution in [0.25, 0.3) is 0 Å². The minimum absolute atomic E-state index is 0.734. The van der Waals surface area contributed by atoms with Crippen LogP contribution in [0.5, 0.6) is 0 Å². The van der Waals surface area contributed by atoms with E-state index in [1.165, 1.54) is 24.0 Å². The van der Waals surface area contributed by atoms with Crippen LogP contribution in [-0.2, 0) is 13.1 Å². The van der Waals surface area contributed by atoms with E-state index in [0.29, 0.717) is 0 Å². The molecule has 0 unspecified atom stereocenters. The number of hydrogen-bond donors (Lipinski definition) is 2. The summed E-state index contributed by atoms with van der Waals surface area (Å²) in [5.41, 5.74) is 2.71. The van der Waals surface area contributed by atoms with Gasteiger partial charge in [0, 0.05) is 19.6 Å². The summed E-state index contributed by atoms with van der Waals surface area (Å²) in [5.74, 6) is 1.80. The molecule has 4 nitrogen and oxygen atoms in total. The number of nitrogens with one attached hydrogen (secondary N) is 2. The summed E-state index contributed by atoms with van der Waals surface area (Å²) in [6.45, 7) is 12.4. The van der Waals surface area contributed by atoms with Crippen LogP contribution in [0.15, 0.2) is 29.3 Å². The normalized spacial score (nSPS) is 15.0. The van der Waals surface area contributed by atoms with Crippen molar-refractivity contribution in [2.45, 2.75) is 46.7 Å². The minimum atomic E-state index is 0.734. The predicted molar refractivity (Wildman–Crippen MR) is 98.6 cm³/mol. The molecule has 1 aromatic rings. The molecule has 23 heavy (non-hydrogen) atoms. The van der Waals surface area contributed by atoms with Gasteiger partial charge in [0.25, 0.3) is 0 Å². The lowest BCUT2D eigenvalue weighted by Crippen LogP contribution is -2.38. The Hall–Kier alpha value is -1.55. The van der Waals surface area contributed by atoms with E-state index in [1.54, 1.807) is 0 Å². The van der Waals surface area contributed by atoms with Crippen molar-refractivity contribution in [2.24, 2.45) is 10.9 Å². The standard InChI is InChI=1S/C19H32N4/c1-4-20-19(21-13-16-11-12-16)22-14-17-9-7-8-10-18(17)15-23(5-2)6-3/h7-10,16H,4-6,11-15H2,1-3H3,(H2,20,21,22). The van der Waals surface area contributed by atoms with Gasteiger partial charge in [-0.3, -0.25) is 4.90 Å². The zero-order valence-corrected chi connectivity index (χ0v) is 14.9. The fourth-order valence-electron chi connectivity index (χ4n) is 2.62. The van der Waals surface area contributed by atoms with Crippen molar-refractivity contribution < 1.29 is 0 Å². The molecule has 1 saturated carbocycles. The molecule has 0 aromatic heterocycles. The van der Waals surface area contributed by atoms with Crippen molar-refractivity contribution in [3.05, 3.63) is 35.4 Å². The summed E-state index contributed by atoms with van der Waals surface area (Å²) in [6, 6.07) is 8.67. The van der Waals surface area contributed by atoms with Crippen LogP contribution in [0.2, 0.25) is 0 Å². The molecule has 2 rings (SSSR count).